The van der Waals surface area contributed by atoms with Crippen LogP contribution in [0, 0.1) is 0 Å². The van der Waals surface area contributed by atoms with Gasteiger partial charge in [0.15, 0.2) is 0 Å². The molecule has 0 amide bonds. The third-order valence-electron chi connectivity index (χ3n) is 3.62. The molecule has 0 unspecified atom stereocenters. The van der Waals surface area contributed by atoms with Crippen molar-refractivity contribution in [1.29, 1.82) is 0 Å². The molecule has 0 aliphatic rings. The molecule has 0 saturated heterocycles. The first-order valence-corrected chi connectivity index (χ1v) is 8.83. The number of benzene rings is 1. The lowest BCUT2D eigenvalue weighted by Gasteiger charge is -2.26. The van der Waals surface area contributed by atoms with Crippen LogP contribution in [0.15, 0.2) is 34.4 Å². The van der Waals surface area contributed by atoms with Crippen LogP contribution in [0.1, 0.15) is 53.0 Å². The van der Waals surface area contributed by atoms with E-state index in [9.17, 15) is 18.3 Å². The molecule has 0 atom stereocenters. The van der Waals surface area contributed by atoms with Gasteiger partial charge in [-0.2, -0.15) is 13.2 Å². The van der Waals surface area contributed by atoms with Crippen LogP contribution < -0.4 is 5.32 Å². The van der Waals surface area contributed by atoms with E-state index in [1.165, 1.54) is 6.92 Å². The summed E-state index contributed by atoms with van der Waals surface area (Å²) in [5.41, 5.74) is 0.0237. The Bertz CT molecular complexity index is 540. The first-order chi connectivity index (χ1) is 11.1. The fourth-order valence-corrected chi connectivity index (χ4v) is 2.44. The molecule has 0 spiro atoms. The molecular formula is C18H27BrF3NO. The van der Waals surface area contributed by atoms with E-state index in [2.05, 4.69) is 21.2 Å². The van der Waals surface area contributed by atoms with Gasteiger partial charge in [0, 0.05) is 6.54 Å². The van der Waals surface area contributed by atoms with Crippen molar-refractivity contribution in [2.45, 2.75) is 59.1 Å². The van der Waals surface area contributed by atoms with E-state index >= 15 is 0 Å². The number of hydrogen-bond donors (Lipinski definition) is 2. The second-order valence-electron chi connectivity index (χ2n) is 5.78. The summed E-state index contributed by atoms with van der Waals surface area (Å²) in [5.74, 6) is 0.164. The number of rotatable bonds is 6. The number of alkyl halides is 3. The largest absolute Gasteiger partial charge is 0.507 e. The molecule has 2 nitrogen and oxygen atoms in total. The molecule has 0 saturated carbocycles. The number of halogens is 4. The molecule has 6 heteroatoms. The normalized spacial score (nSPS) is 12.5. The van der Waals surface area contributed by atoms with Crippen LogP contribution in [-0.4, -0.2) is 17.8 Å². The van der Waals surface area contributed by atoms with E-state index in [0.29, 0.717) is 17.3 Å². The Morgan fingerprint density at radius 2 is 1.83 bits per heavy atom. The molecule has 138 valence electrons. The van der Waals surface area contributed by atoms with Gasteiger partial charge in [0.05, 0.1) is 4.47 Å². The van der Waals surface area contributed by atoms with E-state index < -0.39 is 11.9 Å². The van der Waals surface area contributed by atoms with Gasteiger partial charge in [-0.05, 0) is 58.8 Å². The van der Waals surface area contributed by atoms with Gasteiger partial charge in [0.2, 0.25) is 0 Å². The third kappa shape index (κ3) is 7.16. The third-order valence-corrected chi connectivity index (χ3v) is 4.29. The van der Waals surface area contributed by atoms with Crippen LogP contribution in [0.3, 0.4) is 0 Å². The Balaban J connectivity index is 0.00000254. The topological polar surface area (TPSA) is 32.3 Å². The molecule has 0 heterocycles. The second kappa shape index (κ2) is 9.97. The first-order valence-electron chi connectivity index (χ1n) is 8.04. The summed E-state index contributed by atoms with van der Waals surface area (Å²) < 4.78 is 38.3. The molecule has 24 heavy (non-hydrogen) atoms. The van der Waals surface area contributed by atoms with Crippen molar-refractivity contribution in [2.24, 2.45) is 0 Å². The molecule has 2 N–H and O–H groups in total. The lowest BCUT2D eigenvalue weighted by molar-refractivity contribution is -0.0968. The standard InChI is InChI=1S/C16H21BrF3NO.C2H6/c1-4-14(16(18,19)20)21-9-5-8-15(2,3)11-6-7-12(17)13(22)10-11;1-2/h4,6-7,10,21-22H,5,8-9H2,1-3H3;1-2H3/b14-4-;. The lowest BCUT2D eigenvalue weighted by atomic mass is 9.80. The van der Waals surface area contributed by atoms with Crippen LogP contribution in [0.25, 0.3) is 0 Å². The number of phenolic OH excluding ortho intramolecular Hbond substituents is 1. The van der Waals surface area contributed by atoms with Crippen molar-refractivity contribution in [1.82, 2.24) is 5.32 Å². The summed E-state index contributed by atoms with van der Waals surface area (Å²) in [6.07, 6.45) is -1.99. The highest BCUT2D eigenvalue weighted by molar-refractivity contribution is 9.10. The zero-order valence-corrected chi connectivity index (χ0v) is 16.5. The molecule has 0 aromatic heterocycles. The van der Waals surface area contributed by atoms with Crippen molar-refractivity contribution in [3.63, 3.8) is 0 Å². The van der Waals surface area contributed by atoms with Gasteiger partial charge in [-0.15, -0.1) is 0 Å². The average Bonchev–Trinajstić information content (AvgIpc) is 2.50. The van der Waals surface area contributed by atoms with Crippen LogP contribution in [0.2, 0.25) is 0 Å². The van der Waals surface area contributed by atoms with E-state index in [-0.39, 0.29) is 17.7 Å². The number of phenols is 1. The molecule has 0 radical (unpaired) electrons. The molecule has 1 aromatic carbocycles. The Morgan fingerprint density at radius 3 is 2.29 bits per heavy atom. The Kier molecular flexibility index (Phi) is 9.48. The maximum absolute atomic E-state index is 12.6. The molecular weight excluding hydrogens is 383 g/mol. The smallest absolute Gasteiger partial charge is 0.430 e. The summed E-state index contributed by atoms with van der Waals surface area (Å²) in [7, 11) is 0. The first kappa shape index (κ1) is 22.8. The molecule has 0 aliphatic carbocycles. The highest BCUT2D eigenvalue weighted by Gasteiger charge is 2.32. The van der Waals surface area contributed by atoms with E-state index in [1.807, 2.05) is 33.8 Å². The minimum atomic E-state index is -4.33. The van der Waals surface area contributed by atoms with Gasteiger partial charge in [-0.3, -0.25) is 0 Å². The van der Waals surface area contributed by atoms with Crippen molar-refractivity contribution in [2.75, 3.05) is 6.54 Å². The van der Waals surface area contributed by atoms with Crippen molar-refractivity contribution in [3.8, 4) is 5.75 Å². The fourth-order valence-electron chi connectivity index (χ4n) is 2.20. The number of nitrogens with one attached hydrogen (secondary N) is 1. The predicted octanol–water partition coefficient (Wildman–Crippen LogP) is 6.29. The van der Waals surface area contributed by atoms with E-state index in [4.69, 9.17) is 0 Å². The fraction of sp³-hybridized carbons (Fsp3) is 0.556. The summed E-state index contributed by atoms with van der Waals surface area (Å²) in [5, 5.41) is 12.2. The summed E-state index contributed by atoms with van der Waals surface area (Å²) >= 11 is 3.23. The quantitative estimate of drug-likeness (QED) is 0.540. The lowest BCUT2D eigenvalue weighted by Crippen LogP contribution is -2.28. The molecule has 1 rings (SSSR count). The molecule has 0 aliphatic heterocycles. The van der Waals surface area contributed by atoms with Gasteiger partial charge < -0.3 is 10.4 Å². The Morgan fingerprint density at radius 1 is 1.25 bits per heavy atom. The van der Waals surface area contributed by atoms with Gasteiger partial charge in [-0.1, -0.05) is 39.8 Å². The summed E-state index contributed by atoms with van der Waals surface area (Å²) in [4.78, 5) is 0. The maximum Gasteiger partial charge on any atom is 0.430 e. The van der Waals surface area contributed by atoms with Gasteiger partial charge >= 0.3 is 6.18 Å². The predicted molar refractivity (Wildman–Crippen MR) is 97.2 cm³/mol. The van der Waals surface area contributed by atoms with Gasteiger partial charge in [0.1, 0.15) is 11.4 Å². The average molecular weight is 410 g/mol. The molecule has 0 bridgehead atoms. The maximum atomic E-state index is 12.6. The zero-order chi connectivity index (χ0) is 19.0. The summed E-state index contributed by atoms with van der Waals surface area (Å²) in [6, 6.07) is 5.36. The zero-order valence-electron chi connectivity index (χ0n) is 14.9. The molecule has 1 aromatic rings. The number of hydrogen-bond acceptors (Lipinski definition) is 2. The highest BCUT2D eigenvalue weighted by atomic mass is 79.9. The van der Waals surface area contributed by atoms with Crippen LogP contribution in [-0.2, 0) is 5.41 Å². The number of aromatic hydroxyl groups is 1. The highest BCUT2D eigenvalue weighted by Crippen LogP contribution is 2.33. The second-order valence-corrected chi connectivity index (χ2v) is 6.63. The Hall–Kier alpha value is -1.17. The SMILES string of the molecule is C/C=C(\NCCCC(C)(C)c1ccc(Br)c(O)c1)C(F)(F)F.CC. The van der Waals surface area contributed by atoms with Crippen molar-refractivity contribution < 1.29 is 18.3 Å². The van der Waals surface area contributed by atoms with E-state index in [0.717, 1.165) is 11.6 Å². The Labute approximate surface area is 151 Å². The number of allylic oxidation sites excluding steroid dienone is 2. The van der Waals surface area contributed by atoms with Crippen LogP contribution in [0.5, 0.6) is 5.75 Å². The van der Waals surface area contributed by atoms with E-state index in [1.54, 1.807) is 12.1 Å². The van der Waals surface area contributed by atoms with Crippen molar-refractivity contribution >= 4 is 15.9 Å². The van der Waals surface area contributed by atoms with Crippen LogP contribution >= 0.6 is 15.9 Å². The van der Waals surface area contributed by atoms with Crippen LogP contribution in [0.4, 0.5) is 13.2 Å². The monoisotopic (exact) mass is 409 g/mol. The minimum Gasteiger partial charge on any atom is -0.507 e. The summed E-state index contributed by atoms with van der Waals surface area (Å²) in [6.45, 7) is 9.64. The minimum absolute atomic E-state index is 0.164. The van der Waals surface area contributed by atoms with Crippen molar-refractivity contribution in [3.05, 3.63) is 40.0 Å². The molecule has 0 fully saturated rings. The van der Waals surface area contributed by atoms with Gasteiger partial charge in [-0.25, -0.2) is 0 Å². The van der Waals surface area contributed by atoms with Gasteiger partial charge in [0.25, 0.3) is 0 Å².